The monoisotopic (exact) mass is 364 g/mol. The number of hydrogen-bond donors (Lipinski definition) is 1. The number of benzene rings is 1. The zero-order valence-corrected chi connectivity index (χ0v) is 14.4. The van der Waals surface area contributed by atoms with Crippen LogP contribution in [0.1, 0.15) is 36.4 Å². The van der Waals surface area contributed by atoms with Crippen LogP contribution in [0.25, 0.3) is 0 Å². The second-order valence-corrected chi connectivity index (χ2v) is 7.38. The van der Waals surface area contributed by atoms with E-state index in [0.29, 0.717) is 0 Å². The number of rotatable bonds is 7. The SMILES string of the molecule is NC(CCN(Cc1ccsc1)C1CC1)c1ccccc1Br. The van der Waals surface area contributed by atoms with Crippen LogP contribution >= 0.6 is 27.3 Å². The Bertz CT molecular complexity index is 566. The molecular weight excluding hydrogens is 344 g/mol. The van der Waals surface area contributed by atoms with Crippen LogP contribution in [-0.4, -0.2) is 17.5 Å². The largest absolute Gasteiger partial charge is 0.324 e. The van der Waals surface area contributed by atoms with Crippen LogP contribution in [-0.2, 0) is 6.54 Å². The van der Waals surface area contributed by atoms with Gasteiger partial charge in [-0.3, -0.25) is 4.90 Å². The van der Waals surface area contributed by atoms with E-state index in [2.05, 4.69) is 55.9 Å². The molecule has 21 heavy (non-hydrogen) atoms. The van der Waals surface area contributed by atoms with Gasteiger partial charge < -0.3 is 5.73 Å². The van der Waals surface area contributed by atoms with Gasteiger partial charge in [0.05, 0.1) is 0 Å². The number of nitrogens with two attached hydrogens (primary N) is 1. The molecule has 2 N–H and O–H groups in total. The molecule has 1 atom stereocenters. The molecule has 0 bridgehead atoms. The van der Waals surface area contributed by atoms with Gasteiger partial charge in [-0.2, -0.15) is 11.3 Å². The van der Waals surface area contributed by atoms with Gasteiger partial charge in [0.15, 0.2) is 0 Å². The molecule has 0 spiro atoms. The Hall–Kier alpha value is -0.680. The first-order valence-electron chi connectivity index (χ1n) is 7.49. The predicted octanol–water partition coefficient (Wildman–Crippen LogP) is 4.57. The molecule has 1 aliphatic rings. The highest BCUT2D eigenvalue weighted by molar-refractivity contribution is 9.10. The van der Waals surface area contributed by atoms with Gasteiger partial charge in [-0.1, -0.05) is 34.1 Å². The molecule has 0 saturated heterocycles. The third-order valence-corrected chi connectivity index (χ3v) is 5.52. The van der Waals surface area contributed by atoms with Crippen LogP contribution in [0.5, 0.6) is 0 Å². The quantitative estimate of drug-likeness (QED) is 0.779. The highest BCUT2D eigenvalue weighted by atomic mass is 79.9. The fourth-order valence-electron chi connectivity index (χ4n) is 2.68. The highest BCUT2D eigenvalue weighted by Gasteiger charge is 2.29. The summed E-state index contributed by atoms with van der Waals surface area (Å²) in [5.41, 5.74) is 9.03. The molecule has 1 aliphatic carbocycles. The van der Waals surface area contributed by atoms with E-state index >= 15 is 0 Å². The van der Waals surface area contributed by atoms with Crippen LogP contribution in [0.2, 0.25) is 0 Å². The van der Waals surface area contributed by atoms with E-state index in [-0.39, 0.29) is 6.04 Å². The summed E-state index contributed by atoms with van der Waals surface area (Å²) in [5, 5.41) is 4.41. The van der Waals surface area contributed by atoms with Crippen LogP contribution in [0, 0.1) is 0 Å². The van der Waals surface area contributed by atoms with Crippen LogP contribution < -0.4 is 5.73 Å². The molecular formula is C17H21BrN2S. The minimum atomic E-state index is 0.101. The zero-order chi connectivity index (χ0) is 14.7. The lowest BCUT2D eigenvalue weighted by Crippen LogP contribution is -2.29. The topological polar surface area (TPSA) is 29.3 Å². The van der Waals surface area contributed by atoms with Crippen molar-refractivity contribution < 1.29 is 0 Å². The lowest BCUT2D eigenvalue weighted by molar-refractivity contribution is 0.245. The van der Waals surface area contributed by atoms with Gasteiger partial charge in [0.2, 0.25) is 0 Å². The van der Waals surface area contributed by atoms with Gasteiger partial charge in [0.25, 0.3) is 0 Å². The molecule has 1 fully saturated rings. The Morgan fingerprint density at radius 3 is 2.76 bits per heavy atom. The summed E-state index contributed by atoms with van der Waals surface area (Å²) in [6.07, 6.45) is 3.69. The fraction of sp³-hybridized carbons (Fsp3) is 0.412. The summed E-state index contributed by atoms with van der Waals surface area (Å²) in [6.45, 7) is 2.14. The Labute approximate surface area is 139 Å². The normalized spacial score (nSPS) is 16.3. The highest BCUT2D eigenvalue weighted by Crippen LogP contribution is 2.30. The van der Waals surface area contributed by atoms with E-state index in [9.17, 15) is 0 Å². The van der Waals surface area contributed by atoms with E-state index < -0.39 is 0 Å². The first-order valence-corrected chi connectivity index (χ1v) is 9.23. The second kappa shape index (κ2) is 7.05. The molecule has 0 aliphatic heterocycles. The molecule has 112 valence electrons. The summed E-state index contributed by atoms with van der Waals surface area (Å²) in [6, 6.07) is 11.4. The summed E-state index contributed by atoms with van der Waals surface area (Å²) in [5.74, 6) is 0. The van der Waals surface area contributed by atoms with Gasteiger partial charge in [0, 0.05) is 29.6 Å². The average Bonchev–Trinajstić information content (AvgIpc) is 3.21. The molecule has 1 aromatic heterocycles. The summed E-state index contributed by atoms with van der Waals surface area (Å²) in [7, 11) is 0. The minimum absolute atomic E-state index is 0.101. The van der Waals surface area contributed by atoms with E-state index in [1.54, 1.807) is 11.3 Å². The third kappa shape index (κ3) is 4.16. The Balaban J connectivity index is 1.58. The number of nitrogens with zero attached hydrogens (tertiary/aromatic N) is 1. The van der Waals surface area contributed by atoms with Crippen molar-refractivity contribution in [3.63, 3.8) is 0 Å². The molecule has 4 heteroatoms. The van der Waals surface area contributed by atoms with Crippen molar-refractivity contribution in [1.29, 1.82) is 0 Å². The maximum atomic E-state index is 6.38. The van der Waals surface area contributed by atoms with Gasteiger partial charge in [0.1, 0.15) is 0 Å². The molecule has 1 heterocycles. The molecule has 2 nitrogen and oxygen atoms in total. The average molecular weight is 365 g/mol. The molecule has 1 unspecified atom stereocenters. The fourth-order valence-corrected chi connectivity index (χ4v) is 3.92. The first kappa shape index (κ1) is 15.2. The number of hydrogen-bond acceptors (Lipinski definition) is 3. The van der Waals surface area contributed by atoms with Crippen molar-refractivity contribution in [2.24, 2.45) is 5.73 Å². The third-order valence-electron chi connectivity index (χ3n) is 4.06. The van der Waals surface area contributed by atoms with Crippen LogP contribution in [0.4, 0.5) is 0 Å². The lowest BCUT2D eigenvalue weighted by atomic mass is 10.0. The van der Waals surface area contributed by atoms with E-state index in [1.165, 1.54) is 24.0 Å². The lowest BCUT2D eigenvalue weighted by Gasteiger charge is -2.24. The van der Waals surface area contributed by atoms with Crippen molar-refractivity contribution in [3.8, 4) is 0 Å². The smallest absolute Gasteiger partial charge is 0.0318 e. The first-order chi connectivity index (χ1) is 10.2. The van der Waals surface area contributed by atoms with Crippen molar-refractivity contribution in [1.82, 2.24) is 4.90 Å². The molecule has 0 radical (unpaired) electrons. The van der Waals surface area contributed by atoms with Gasteiger partial charge in [-0.05, 0) is 53.3 Å². The van der Waals surface area contributed by atoms with Gasteiger partial charge >= 0.3 is 0 Å². The van der Waals surface area contributed by atoms with Crippen molar-refractivity contribution in [2.75, 3.05) is 6.54 Å². The maximum absolute atomic E-state index is 6.38. The number of halogens is 1. The van der Waals surface area contributed by atoms with Gasteiger partial charge in [-0.15, -0.1) is 0 Å². The molecule has 1 saturated carbocycles. The van der Waals surface area contributed by atoms with Crippen molar-refractivity contribution in [3.05, 3.63) is 56.7 Å². The summed E-state index contributed by atoms with van der Waals surface area (Å²) >= 11 is 5.38. The molecule has 2 aromatic rings. The van der Waals surface area contributed by atoms with E-state index in [4.69, 9.17) is 5.73 Å². The molecule has 3 rings (SSSR count). The maximum Gasteiger partial charge on any atom is 0.0318 e. The Morgan fingerprint density at radius 2 is 2.10 bits per heavy atom. The summed E-state index contributed by atoms with van der Waals surface area (Å²) < 4.78 is 1.12. The van der Waals surface area contributed by atoms with Crippen LogP contribution in [0.15, 0.2) is 45.6 Å². The van der Waals surface area contributed by atoms with E-state index in [0.717, 1.165) is 30.0 Å². The van der Waals surface area contributed by atoms with Crippen LogP contribution in [0.3, 0.4) is 0 Å². The Morgan fingerprint density at radius 1 is 1.29 bits per heavy atom. The van der Waals surface area contributed by atoms with E-state index in [1.807, 2.05) is 6.07 Å². The minimum Gasteiger partial charge on any atom is -0.324 e. The number of thiophene rings is 1. The summed E-state index contributed by atoms with van der Waals surface area (Å²) in [4.78, 5) is 2.60. The standard InChI is InChI=1S/C17H21BrN2S/c18-16-4-2-1-3-15(16)17(19)7-9-20(14-5-6-14)11-13-8-10-21-12-13/h1-4,8,10,12,14,17H,5-7,9,11,19H2. The second-order valence-electron chi connectivity index (χ2n) is 5.75. The van der Waals surface area contributed by atoms with Crippen molar-refractivity contribution >= 4 is 27.3 Å². The predicted molar refractivity (Wildman–Crippen MR) is 93.4 cm³/mol. The van der Waals surface area contributed by atoms with Crippen molar-refractivity contribution in [2.45, 2.75) is 37.9 Å². The zero-order valence-electron chi connectivity index (χ0n) is 12.0. The molecule has 1 aromatic carbocycles. The molecule has 0 amide bonds. The Kier molecular flexibility index (Phi) is 5.11. The van der Waals surface area contributed by atoms with Gasteiger partial charge in [-0.25, -0.2) is 0 Å².